The van der Waals surface area contributed by atoms with E-state index in [9.17, 15) is 4.79 Å². The van der Waals surface area contributed by atoms with Gasteiger partial charge >= 0.3 is 6.03 Å². The highest BCUT2D eigenvalue weighted by Gasteiger charge is 2.17. The number of amides is 2. The van der Waals surface area contributed by atoms with Crippen LogP contribution in [0.3, 0.4) is 0 Å². The Morgan fingerprint density at radius 2 is 2.13 bits per heavy atom. The van der Waals surface area contributed by atoms with Crippen molar-refractivity contribution in [3.63, 3.8) is 0 Å². The first-order valence-corrected chi connectivity index (χ1v) is 8.12. The number of carbonyl (C=O) groups excluding carboxylic acids is 1. The molecule has 1 rings (SSSR count). The molecule has 0 bridgehead atoms. The molecule has 0 atom stereocenters. The Kier molecular flexibility index (Phi) is 7.38. The van der Waals surface area contributed by atoms with Crippen molar-refractivity contribution in [2.45, 2.75) is 40.0 Å². The van der Waals surface area contributed by atoms with E-state index >= 15 is 0 Å². The fourth-order valence-electron chi connectivity index (χ4n) is 2.46. The molecule has 0 radical (unpaired) electrons. The lowest BCUT2D eigenvalue weighted by Gasteiger charge is -2.26. The van der Waals surface area contributed by atoms with Gasteiger partial charge in [0.15, 0.2) is 0 Å². The van der Waals surface area contributed by atoms with E-state index in [4.69, 9.17) is 0 Å². The van der Waals surface area contributed by atoms with Gasteiger partial charge in [-0.2, -0.15) is 0 Å². The van der Waals surface area contributed by atoms with E-state index in [-0.39, 0.29) is 6.03 Å². The second kappa shape index (κ2) is 9.02. The Morgan fingerprint density at radius 1 is 1.43 bits per heavy atom. The topological polar surface area (TPSA) is 69.3 Å². The average Bonchev–Trinajstić information content (AvgIpc) is 2.53. The predicted molar refractivity (Wildman–Crippen MR) is 97.0 cm³/mol. The van der Waals surface area contributed by atoms with Gasteiger partial charge in [0, 0.05) is 13.6 Å². The van der Waals surface area contributed by atoms with Gasteiger partial charge in [-0.15, -0.1) is 6.58 Å². The molecule has 1 aromatic rings. The van der Waals surface area contributed by atoms with Gasteiger partial charge in [0.05, 0.1) is 6.54 Å². The monoisotopic (exact) mass is 319 g/mol. The zero-order chi connectivity index (χ0) is 17.4. The molecule has 0 aliphatic rings. The number of nitrogens with zero attached hydrogens (tertiary/aromatic N) is 2. The molecule has 128 valence electrons. The number of urea groups is 1. The van der Waals surface area contributed by atoms with Crippen molar-refractivity contribution in [3.8, 4) is 0 Å². The van der Waals surface area contributed by atoms with Crippen LogP contribution in [-0.2, 0) is 6.42 Å². The van der Waals surface area contributed by atoms with Gasteiger partial charge in [0.2, 0.25) is 0 Å². The van der Waals surface area contributed by atoms with E-state index < -0.39 is 0 Å². The van der Waals surface area contributed by atoms with Crippen LogP contribution in [0.25, 0.3) is 0 Å². The third-order valence-electron chi connectivity index (χ3n) is 3.52. The number of aromatic nitrogens is 1. The molecule has 0 saturated heterocycles. The highest BCUT2D eigenvalue weighted by molar-refractivity contribution is 5.76. The summed E-state index contributed by atoms with van der Waals surface area (Å²) in [6.45, 7) is 13.1. The number of carbonyl (C=O) groups is 1. The van der Waals surface area contributed by atoms with Crippen molar-refractivity contribution in [1.29, 1.82) is 0 Å². The van der Waals surface area contributed by atoms with Gasteiger partial charge in [0.25, 0.3) is 0 Å². The van der Waals surface area contributed by atoms with Crippen molar-refractivity contribution in [3.05, 3.63) is 29.8 Å². The fraction of sp³-hybridized carbons (Fsp3) is 0.529. The number of hydrogen-bond donors (Lipinski definition) is 3. The molecule has 0 spiro atoms. The Bertz CT molecular complexity index is 542. The molecule has 0 saturated carbocycles. The largest absolute Gasteiger partial charge is 0.373 e. The number of nitrogens with one attached hydrogen (secondary N) is 3. The van der Waals surface area contributed by atoms with Crippen molar-refractivity contribution in [2.24, 2.45) is 0 Å². The van der Waals surface area contributed by atoms with Gasteiger partial charge in [-0.25, -0.2) is 15.2 Å². The normalized spacial score (nSPS) is 10.3. The van der Waals surface area contributed by atoms with Gasteiger partial charge in [-0.05, 0) is 36.5 Å². The van der Waals surface area contributed by atoms with Crippen molar-refractivity contribution < 1.29 is 4.79 Å². The summed E-state index contributed by atoms with van der Waals surface area (Å²) in [6, 6.07) is 1.79. The quantitative estimate of drug-likeness (QED) is 0.509. The smallest absolute Gasteiger partial charge is 0.333 e. The average molecular weight is 319 g/mol. The van der Waals surface area contributed by atoms with Gasteiger partial charge < -0.3 is 10.6 Å². The highest BCUT2D eigenvalue weighted by atomic mass is 16.2. The third kappa shape index (κ3) is 4.87. The van der Waals surface area contributed by atoms with Crippen molar-refractivity contribution in [1.82, 2.24) is 15.7 Å². The predicted octanol–water partition coefficient (Wildman–Crippen LogP) is 3.04. The van der Waals surface area contributed by atoms with Crippen molar-refractivity contribution >= 4 is 17.7 Å². The molecule has 1 aromatic heterocycles. The summed E-state index contributed by atoms with van der Waals surface area (Å²) in [5.74, 6) is 1.91. The van der Waals surface area contributed by atoms with Gasteiger partial charge in [0.1, 0.15) is 11.6 Å². The summed E-state index contributed by atoms with van der Waals surface area (Å²) in [5, 5.41) is 7.59. The van der Waals surface area contributed by atoms with E-state index in [0.717, 1.165) is 12.2 Å². The Morgan fingerprint density at radius 3 is 2.61 bits per heavy atom. The lowest BCUT2D eigenvalue weighted by Crippen LogP contribution is -2.48. The molecule has 0 aromatic carbocycles. The SMILES string of the molecule is C=CCN(NC(=O)NCC)c1cc(C(C)C)c(CC)c(NC)n1. The standard InChI is InChI=1S/C17H29N5O/c1-7-10-22(21-17(23)19-9-3)15-11-14(12(4)5)13(8-2)16(18-6)20-15/h7,11-12H,1,8-10H2,2-6H3,(H,18,20)(H2,19,21,23). The third-order valence-corrected chi connectivity index (χ3v) is 3.52. The molecule has 6 heteroatoms. The number of hydrogen-bond acceptors (Lipinski definition) is 4. The minimum atomic E-state index is -0.257. The minimum absolute atomic E-state index is 0.257. The molecule has 6 nitrogen and oxygen atoms in total. The van der Waals surface area contributed by atoms with Crippen LogP contribution < -0.4 is 21.1 Å². The van der Waals surface area contributed by atoms with E-state index in [2.05, 4.69) is 48.4 Å². The summed E-state index contributed by atoms with van der Waals surface area (Å²) in [5.41, 5.74) is 5.25. The molecular formula is C17H29N5O. The lowest BCUT2D eigenvalue weighted by molar-refractivity contribution is 0.240. The molecular weight excluding hydrogens is 290 g/mol. The zero-order valence-electron chi connectivity index (χ0n) is 14.9. The van der Waals surface area contributed by atoms with E-state index in [1.54, 1.807) is 11.1 Å². The van der Waals surface area contributed by atoms with E-state index in [1.807, 2.05) is 20.0 Å². The van der Waals surface area contributed by atoms with Crippen LogP contribution in [0, 0.1) is 0 Å². The van der Waals surface area contributed by atoms with Gasteiger partial charge in [-0.1, -0.05) is 26.8 Å². The van der Waals surface area contributed by atoms with Crippen molar-refractivity contribution in [2.75, 3.05) is 30.5 Å². The van der Waals surface area contributed by atoms with Crippen LogP contribution in [-0.4, -0.2) is 31.2 Å². The van der Waals surface area contributed by atoms with Crippen LogP contribution in [0.2, 0.25) is 0 Å². The molecule has 2 amide bonds. The van der Waals surface area contributed by atoms with Crippen LogP contribution >= 0.6 is 0 Å². The van der Waals surface area contributed by atoms with Gasteiger partial charge in [-0.3, -0.25) is 5.01 Å². The van der Waals surface area contributed by atoms with Crippen LogP contribution in [0.15, 0.2) is 18.7 Å². The molecule has 1 heterocycles. The number of rotatable bonds is 8. The maximum Gasteiger partial charge on any atom is 0.333 e. The number of pyridine rings is 1. The first-order valence-electron chi connectivity index (χ1n) is 8.12. The molecule has 0 aliphatic carbocycles. The first-order chi connectivity index (χ1) is 11.0. The summed E-state index contributed by atoms with van der Waals surface area (Å²) in [6.07, 6.45) is 2.64. The maximum atomic E-state index is 11.9. The first kappa shape index (κ1) is 18.8. The number of anilines is 2. The molecule has 3 N–H and O–H groups in total. The van der Waals surface area contributed by atoms with E-state index in [1.165, 1.54) is 11.1 Å². The maximum absolute atomic E-state index is 11.9. The zero-order valence-corrected chi connectivity index (χ0v) is 14.9. The summed E-state index contributed by atoms with van der Waals surface area (Å²) in [7, 11) is 1.87. The van der Waals surface area contributed by atoms with Crippen LogP contribution in [0.1, 0.15) is 44.7 Å². The second-order valence-corrected chi connectivity index (χ2v) is 5.53. The Labute approximate surface area is 139 Å². The second-order valence-electron chi connectivity index (χ2n) is 5.53. The molecule has 0 unspecified atom stereocenters. The minimum Gasteiger partial charge on any atom is -0.373 e. The Balaban J connectivity index is 3.27. The van der Waals surface area contributed by atoms with Crippen LogP contribution in [0.4, 0.5) is 16.4 Å². The lowest BCUT2D eigenvalue weighted by atomic mass is 9.96. The molecule has 23 heavy (non-hydrogen) atoms. The fourth-order valence-corrected chi connectivity index (χ4v) is 2.46. The Hall–Kier alpha value is -2.24. The molecule has 0 aliphatic heterocycles. The number of hydrazine groups is 1. The van der Waals surface area contributed by atoms with E-state index in [0.29, 0.717) is 24.8 Å². The molecule has 0 fully saturated rings. The highest BCUT2D eigenvalue weighted by Crippen LogP contribution is 2.29. The summed E-state index contributed by atoms with van der Waals surface area (Å²) < 4.78 is 0. The summed E-state index contributed by atoms with van der Waals surface area (Å²) in [4.78, 5) is 16.5. The van der Waals surface area contributed by atoms with Crippen LogP contribution in [0.5, 0.6) is 0 Å². The summed E-state index contributed by atoms with van der Waals surface area (Å²) >= 11 is 0.